The van der Waals surface area contributed by atoms with Gasteiger partial charge in [0.15, 0.2) is 0 Å². The minimum absolute atomic E-state index is 0.498. The zero-order chi connectivity index (χ0) is 11.9. The monoisotopic (exact) mass is 236 g/mol. The molecule has 97 valence electrons. The molecule has 2 saturated carbocycles. The molecule has 0 aromatic heterocycles. The molecule has 2 rings (SSSR count). The fourth-order valence-corrected chi connectivity index (χ4v) is 3.52. The number of amides is 1. The molecule has 0 atom stereocenters. The van der Waals surface area contributed by atoms with Gasteiger partial charge in [-0.05, 0) is 25.7 Å². The van der Waals surface area contributed by atoms with E-state index in [-0.39, 0.29) is 0 Å². The third-order valence-corrected chi connectivity index (χ3v) is 4.54. The van der Waals surface area contributed by atoms with E-state index in [2.05, 4.69) is 11.3 Å². The smallest absolute Gasteiger partial charge is 0.312 e. The number of rotatable bonds is 3. The lowest BCUT2D eigenvalue weighted by Crippen LogP contribution is -2.41. The summed E-state index contributed by atoms with van der Waals surface area (Å²) < 4.78 is 0. The highest BCUT2D eigenvalue weighted by molar-refractivity contribution is 5.49. The van der Waals surface area contributed by atoms with E-state index in [9.17, 15) is 4.79 Å². The van der Waals surface area contributed by atoms with Crippen LogP contribution in [0.3, 0.4) is 0 Å². The first-order valence-electron chi connectivity index (χ1n) is 7.58. The lowest BCUT2D eigenvalue weighted by molar-refractivity contribution is 0.190. The molecule has 0 aromatic rings. The third-order valence-electron chi connectivity index (χ3n) is 4.54. The molecule has 2 nitrogen and oxygen atoms in total. The van der Waals surface area contributed by atoms with Crippen LogP contribution in [0.2, 0.25) is 0 Å². The minimum Gasteiger partial charge on any atom is -0.328 e. The first kappa shape index (κ1) is 12.9. The van der Waals surface area contributed by atoms with Crippen molar-refractivity contribution in [2.45, 2.75) is 89.1 Å². The fourth-order valence-electron chi connectivity index (χ4n) is 3.52. The molecule has 2 aliphatic rings. The van der Waals surface area contributed by atoms with Crippen molar-refractivity contribution < 1.29 is 4.79 Å². The van der Waals surface area contributed by atoms with E-state index in [0.29, 0.717) is 12.1 Å². The molecule has 0 heterocycles. The largest absolute Gasteiger partial charge is 0.328 e. The molecule has 1 amide bonds. The van der Waals surface area contributed by atoms with Gasteiger partial charge in [0.1, 0.15) is 0 Å². The van der Waals surface area contributed by atoms with Crippen LogP contribution in [0, 0.1) is 0 Å². The molecule has 0 saturated heterocycles. The SMILES string of the molecule is O=[C]N(C1CCCCCC1)C1CCCCCC1. The van der Waals surface area contributed by atoms with E-state index in [1.165, 1.54) is 77.0 Å². The van der Waals surface area contributed by atoms with Crippen molar-refractivity contribution in [2.75, 3.05) is 0 Å². The summed E-state index contributed by atoms with van der Waals surface area (Å²) in [6.07, 6.45) is 17.8. The zero-order valence-electron chi connectivity index (χ0n) is 11.0. The molecule has 0 aliphatic heterocycles. The number of hydrogen-bond acceptors (Lipinski definition) is 1. The quantitative estimate of drug-likeness (QED) is 0.539. The Labute approximate surface area is 106 Å². The second kappa shape index (κ2) is 7.03. The average molecular weight is 236 g/mol. The summed E-state index contributed by atoms with van der Waals surface area (Å²) in [5.41, 5.74) is 0. The zero-order valence-corrected chi connectivity index (χ0v) is 11.0. The second-order valence-electron chi connectivity index (χ2n) is 5.79. The predicted octanol–water partition coefficient (Wildman–Crippen LogP) is 3.80. The lowest BCUT2D eigenvalue weighted by Gasteiger charge is -2.33. The van der Waals surface area contributed by atoms with E-state index in [0.717, 1.165) is 0 Å². The van der Waals surface area contributed by atoms with Crippen LogP contribution < -0.4 is 0 Å². The van der Waals surface area contributed by atoms with Crippen LogP contribution in [0.15, 0.2) is 0 Å². The Morgan fingerprint density at radius 1 is 0.647 bits per heavy atom. The van der Waals surface area contributed by atoms with Gasteiger partial charge in [0.05, 0.1) is 0 Å². The van der Waals surface area contributed by atoms with Gasteiger partial charge in [-0.15, -0.1) is 0 Å². The summed E-state index contributed by atoms with van der Waals surface area (Å²) in [5, 5.41) is 0. The van der Waals surface area contributed by atoms with Gasteiger partial charge >= 0.3 is 6.41 Å². The Morgan fingerprint density at radius 3 is 1.29 bits per heavy atom. The highest BCUT2D eigenvalue weighted by Gasteiger charge is 2.26. The van der Waals surface area contributed by atoms with Crippen molar-refractivity contribution in [3.63, 3.8) is 0 Å². The summed E-state index contributed by atoms with van der Waals surface area (Å²) in [5.74, 6) is 0. The Balaban J connectivity index is 1.94. The van der Waals surface area contributed by atoms with Gasteiger partial charge in [0.2, 0.25) is 0 Å². The van der Waals surface area contributed by atoms with Crippen LogP contribution in [0.25, 0.3) is 0 Å². The maximum Gasteiger partial charge on any atom is 0.312 e. The molecule has 2 aliphatic carbocycles. The van der Waals surface area contributed by atoms with Gasteiger partial charge in [-0.2, -0.15) is 0 Å². The molecule has 17 heavy (non-hydrogen) atoms. The van der Waals surface area contributed by atoms with E-state index in [1.807, 2.05) is 0 Å². The topological polar surface area (TPSA) is 20.3 Å². The molecular weight excluding hydrogens is 210 g/mol. The normalized spacial score (nSPS) is 24.9. The fraction of sp³-hybridized carbons (Fsp3) is 0.933. The van der Waals surface area contributed by atoms with Gasteiger partial charge < -0.3 is 4.90 Å². The van der Waals surface area contributed by atoms with Crippen molar-refractivity contribution in [1.82, 2.24) is 4.90 Å². The molecule has 1 radical (unpaired) electrons. The highest BCUT2D eigenvalue weighted by atomic mass is 16.1. The number of carbonyl (C=O) groups excluding carboxylic acids is 1. The van der Waals surface area contributed by atoms with E-state index in [1.54, 1.807) is 0 Å². The highest BCUT2D eigenvalue weighted by Crippen LogP contribution is 2.27. The summed E-state index contributed by atoms with van der Waals surface area (Å²) in [6.45, 7) is 0. The molecule has 2 fully saturated rings. The molecule has 2 heteroatoms. The summed E-state index contributed by atoms with van der Waals surface area (Å²) in [7, 11) is 0. The molecular formula is C15H26NO. The summed E-state index contributed by atoms with van der Waals surface area (Å²) in [6, 6.07) is 0.996. The first-order chi connectivity index (χ1) is 8.42. The Morgan fingerprint density at radius 2 is 1.00 bits per heavy atom. The van der Waals surface area contributed by atoms with Crippen molar-refractivity contribution in [1.29, 1.82) is 0 Å². The Bertz CT molecular complexity index is 193. The van der Waals surface area contributed by atoms with Crippen molar-refractivity contribution >= 4 is 6.41 Å². The van der Waals surface area contributed by atoms with E-state index in [4.69, 9.17) is 0 Å². The van der Waals surface area contributed by atoms with Crippen LogP contribution in [0.1, 0.15) is 77.0 Å². The van der Waals surface area contributed by atoms with Crippen LogP contribution in [0.4, 0.5) is 0 Å². The van der Waals surface area contributed by atoms with E-state index >= 15 is 0 Å². The molecule has 0 unspecified atom stereocenters. The minimum atomic E-state index is 0.498. The maximum absolute atomic E-state index is 11.3. The van der Waals surface area contributed by atoms with Crippen LogP contribution >= 0.6 is 0 Å². The Kier molecular flexibility index (Phi) is 5.34. The van der Waals surface area contributed by atoms with Gasteiger partial charge in [0, 0.05) is 12.1 Å². The maximum atomic E-state index is 11.3. The summed E-state index contributed by atoms with van der Waals surface area (Å²) in [4.78, 5) is 13.4. The van der Waals surface area contributed by atoms with Gasteiger partial charge in [-0.25, -0.2) is 0 Å². The van der Waals surface area contributed by atoms with Crippen LogP contribution in [0.5, 0.6) is 0 Å². The van der Waals surface area contributed by atoms with Crippen molar-refractivity contribution in [3.8, 4) is 0 Å². The van der Waals surface area contributed by atoms with Gasteiger partial charge in [-0.3, -0.25) is 4.79 Å². The van der Waals surface area contributed by atoms with Crippen LogP contribution in [-0.4, -0.2) is 23.4 Å². The second-order valence-corrected chi connectivity index (χ2v) is 5.79. The Hall–Kier alpha value is -0.530. The molecule has 0 N–H and O–H groups in total. The molecule has 0 spiro atoms. The first-order valence-corrected chi connectivity index (χ1v) is 7.58. The van der Waals surface area contributed by atoms with E-state index < -0.39 is 0 Å². The standard InChI is InChI=1S/C15H26NO/c17-13-16(14-9-5-1-2-6-10-14)15-11-7-3-4-8-12-15/h14-15H,1-12H2. The molecule has 0 bridgehead atoms. The van der Waals surface area contributed by atoms with Crippen molar-refractivity contribution in [3.05, 3.63) is 0 Å². The number of hydrogen-bond donors (Lipinski definition) is 0. The lowest BCUT2D eigenvalue weighted by atomic mass is 10.0. The third kappa shape index (κ3) is 3.72. The van der Waals surface area contributed by atoms with Gasteiger partial charge in [-0.1, -0.05) is 51.4 Å². The summed E-state index contributed by atoms with van der Waals surface area (Å²) >= 11 is 0. The van der Waals surface area contributed by atoms with Crippen molar-refractivity contribution in [2.24, 2.45) is 0 Å². The molecule has 0 aromatic carbocycles. The number of nitrogens with zero attached hydrogens (tertiary/aromatic N) is 1. The predicted molar refractivity (Wildman–Crippen MR) is 70.5 cm³/mol. The van der Waals surface area contributed by atoms with Crippen LogP contribution in [-0.2, 0) is 4.79 Å². The van der Waals surface area contributed by atoms with Gasteiger partial charge in [0.25, 0.3) is 0 Å². The average Bonchev–Trinajstić information content (AvgIpc) is 2.75.